The number of hydrogen-bond donors (Lipinski definition) is 1. The summed E-state index contributed by atoms with van der Waals surface area (Å²) in [4.78, 5) is 0. The Bertz CT molecular complexity index is 438. The molecule has 0 saturated carbocycles. The lowest BCUT2D eigenvalue weighted by Crippen LogP contribution is -2.09. The van der Waals surface area contributed by atoms with Crippen molar-refractivity contribution >= 4 is 0 Å². The van der Waals surface area contributed by atoms with Crippen LogP contribution in [0.25, 0.3) is 0 Å². The molecule has 0 radical (unpaired) electrons. The fourth-order valence-corrected chi connectivity index (χ4v) is 2.73. The zero-order chi connectivity index (χ0) is 14.2. The highest BCUT2D eigenvalue weighted by Gasteiger charge is 2.15. The first-order valence-corrected chi connectivity index (χ1v) is 7.59. The molecule has 0 bridgehead atoms. The molecule has 0 spiro atoms. The molecular weight excluding hydrogens is 244 g/mol. The Morgan fingerprint density at radius 3 is 1.70 bits per heavy atom. The zero-order valence-electron chi connectivity index (χ0n) is 12.2. The lowest BCUT2D eigenvalue weighted by molar-refractivity contribution is 0.149. The van der Waals surface area contributed by atoms with Crippen LogP contribution in [0, 0.1) is 0 Å². The summed E-state index contributed by atoms with van der Waals surface area (Å²) in [5, 5.41) is 9.99. The summed E-state index contributed by atoms with van der Waals surface area (Å²) in [5.74, 6) is 0.379. The van der Waals surface area contributed by atoms with E-state index in [1.165, 1.54) is 11.1 Å². The van der Waals surface area contributed by atoms with Gasteiger partial charge >= 0.3 is 0 Å². The standard InChI is InChI=1S/C19H24O/c1-2-9-18(20)14-15-19(16-10-5-3-6-11-16)17-12-7-4-8-13-17/h3-8,10-13,18-20H,2,9,14-15H2,1H3. The van der Waals surface area contributed by atoms with Crippen LogP contribution >= 0.6 is 0 Å². The van der Waals surface area contributed by atoms with E-state index in [4.69, 9.17) is 0 Å². The molecule has 2 aromatic rings. The van der Waals surface area contributed by atoms with Gasteiger partial charge in [0.25, 0.3) is 0 Å². The first-order chi connectivity index (χ1) is 9.81. The maximum atomic E-state index is 9.99. The molecule has 0 fully saturated rings. The maximum Gasteiger partial charge on any atom is 0.0540 e. The molecule has 0 saturated heterocycles. The van der Waals surface area contributed by atoms with Crippen molar-refractivity contribution < 1.29 is 5.11 Å². The second-order valence-electron chi connectivity index (χ2n) is 5.39. The first kappa shape index (κ1) is 14.8. The van der Waals surface area contributed by atoms with Crippen molar-refractivity contribution in [1.82, 2.24) is 0 Å². The predicted molar refractivity (Wildman–Crippen MR) is 84.9 cm³/mol. The van der Waals surface area contributed by atoms with Crippen molar-refractivity contribution in [1.29, 1.82) is 0 Å². The zero-order valence-corrected chi connectivity index (χ0v) is 12.2. The summed E-state index contributed by atoms with van der Waals surface area (Å²) < 4.78 is 0. The molecule has 0 amide bonds. The summed E-state index contributed by atoms with van der Waals surface area (Å²) >= 11 is 0. The summed E-state index contributed by atoms with van der Waals surface area (Å²) in [6, 6.07) is 21.2. The monoisotopic (exact) mass is 268 g/mol. The minimum Gasteiger partial charge on any atom is -0.393 e. The van der Waals surface area contributed by atoms with Gasteiger partial charge in [-0.25, -0.2) is 0 Å². The molecule has 0 aliphatic heterocycles. The van der Waals surface area contributed by atoms with Crippen molar-refractivity contribution in [2.75, 3.05) is 0 Å². The quantitative estimate of drug-likeness (QED) is 0.767. The van der Waals surface area contributed by atoms with Crippen molar-refractivity contribution in [3.8, 4) is 0 Å². The van der Waals surface area contributed by atoms with E-state index in [1.807, 2.05) is 0 Å². The summed E-state index contributed by atoms with van der Waals surface area (Å²) in [5.41, 5.74) is 2.67. The Labute approximate surface area is 122 Å². The Morgan fingerprint density at radius 2 is 1.25 bits per heavy atom. The fourth-order valence-electron chi connectivity index (χ4n) is 2.73. The molecule has 1 N–H and O–H groups in total. The topological polar surface area (TPSA) is 20.2 Å². The van der Waals surface area contributed by atoms with E-state index in [0.29, 0.717) is 5.92 Å². The third-order valence-corrected chi connectivity index (χ3v) is 3.81. The van der Waals surface area contributed by atoms with Crippen LogP contribution in [0.2, 0.25) is 0 Å². The third kappa shape index (κ3) is 4.21. The number of hydrogen-bond acceptors (Lipinski definition) is 1. The molecule has 1 heteroatoms. The van der Waals surface area contributed by atoms with E-state index in [9.17, 15) is 5.11 Å². The Morgan fingerprint density at radius 1 is 0.750 bits per heavy atom. The smallest absolute Gasteiger partial charge is 0.0540 e. The Kier molecular flexibility index (Phi) is 5.82. The lowest BCUT2D eigenvalue weighted by atomic mass is 9.86. The van der Waals surface area contributed by atoms with Crippen molar-refractivity contribution in [2.45, 2.75) is 44.6 Å². The van der Waals surface area contributed by atoms with E-state index in [2.05, 4.69) is 67.6 Å². The lowest BCUT2D eigenvalue weighted by Gasteiger charge is -2.20. The second kappa shape index (κ2) is 7.86. The van der Waals surface area contributed by atoms with E-state index >= 15 is 0 Å². The van der Waals surface area contributed by atoms with Gasteiger partial charge in [0, 0.05) is 5.92 Å². The van der Waals surface area contributed by atoms with E-state index in [1.54, 1.807) is 0 Å². The van der Waals surface area contributed by atoms with E-state index in [0.717, 1.165) is 25.7 Å². The largest absolute Gasteiger partial charge is 0.393 e. The van der Waals surface area contributed by atoms with Crippen LogP contribution in [-0.4, -0.2) is 11.2 Å². The van der Waals surface area contributed by atoms with Gasteiger partial charge in [-0.2, -0.15) is 0 Å². The Balaban J connectivity index is 2.13. The molecule has 0 aromatic heterocycles. The summed E-state index contributed by atoms with van der Waals surface area (Å²) in [6.07, 6.45) is 3.63. The highest BCUT2D eigenvalue weighted by molar-refractivity contribution is 5.32. The first-order valence-electron chi connectivity index (χ1n) is 7.59. The van der Waals surface area contributed by atoms with Gasteiger partial charge in [0.1, 0.15) is 0 Å². The molecule has 1 atom stereocenters. The third-order valence-electron chi connectivity index (χ3n) is 3.81. The summed E-state index contributed by atoms with van der Waals surface area (Å²) in [7, 11) is 0. The maximum absolute atomic E-state index is 9.99. The van der Waals surface area contributed by atoms with Gasteiger partial charge in [-0.3, -0.25) is 0 Å². The Hall–Kier alpha value is -1.60. The van der Waals surface area contributed by atoms with Crippen molar-refractivity contribution in [3.05, 3.63) is 71.8 Å². The number of rotatable bonds is 7. The van der Waals surface area contributed by atoms with Gasteiger partial charge in [-0.05, 0) is 30.4 Å². The van der Waals surface area contributed by atoms with Crippen molar-refractivity contribution in [3.63, 3.8) is 0 Å². The average Bonchev–Trinajstić information content (AvgIpc) is 2.50. The van der Waals surface area contributed by atoms with Gasteiger partial charge in [-0.15, -0.1) is 0 Å². The van der Waals surface area contributed by atoms with Gasteiger partial charge in [0.05, 0.1) is 6.10 Å². The van der Waals surface area contributed by atoms with Crippen LogP contribution in [0.4, 0.5) is 0 Å². The number of benzene rings is 2. The van der Waals surface area contributed by atoms with Crippen LogP contribution in [0.5, 0.6) is 0 Å². The van der Waals surface area contributed by atoms with Gasteiger partial charge in [-0.1, -0.05) is 74.0 Å². The fraction of sp³-hybridized carbons (Fsp3) is 0.368. The van der Waals surface area contributed by atoms with Crippen LogP contribution in [0.3, 0.4) is 0 Å². The average molecular weight is 268 g/mol. The molecule has 0 aliphatic rings. The van der Waals surface area contributed by atoms with E-state index < -0.39 is 0 Å². The molecule has 20 heavy (non-hydrogen) atoms. The van der Waals surface area contributed by atoms with Crippen molar-refractivity contribution in [2.24, 2.45) is 0 Å². The van der Waals surface area contributed by atoms with E-state index in [-0.39, 0.29) is 6.10 Å². The van der Waals surface area contributed by atoms with Gasteiger partial charge in [0.15, 0.2) is 0 Å². The van der Waals surface area contributed by atoms with Crippen LogP contribution in [0.15, 0.2) is 60.7 Å². The number of aliphatic hydroxyl groups excluding tert-OH is 1. The molecule has 1 nitrogen and oxygen atoms in total. The van der Waals surface area contributed by atoms with Crippen LogP contribution in [-0.2, 0) is 0 Å². The van der Waals surface area contributed by atoms with Crippen LogP contribution < -0.4 is 0 Å². The minimum absolute atomic E-state index is 0.171. The molecule has 106 valence electrons. The molecule has 2 aromatic carbocycles. The van der Waals surface area contributed by atoms with Gasteiger partial charge < -0.3 is 5.11 Å². The normalized spacial score (nSPS) is 12.6. The number of aliphatic hydroxyl groups is 1. The molecule has 0 heterocycles. The molecule has 2 rings (SSSR count). The minimum atomic E-state index is -0.171. The molecule has 1 unspecified atom stereocenters. The van der Waals surface area contributed by atoms with Gasteiger partial charge in [0.2, 0.25) is 0 Å². The highest BCUT2D eigenvalue weighted by atomic mass is 16.3. The SMILES string of the molecule is CCCC(O)CCC(c1ccccc1)c1ccccc1. The van der Waals surface area contributed by atoms with Crippen LogP contribution in [0.1, 0.15) is 49.7 Å². The molecule has 0 aliphatic carbocycles. The summed E-state index contributed by atoms with van der Waals surface area (Å²) in [6.45, 7) is 2.12. The highest BCUT2D eigenvalue weighted by Crippen LogP contribution is 2.29. The molecular formula is C19H24O. The predicted octanol–water partition coefficient (Wildman–Crippen LogP) is 4.76. The second-order valence-corrected chi connectivity index (χ2v) is 5.39.